The van der Waals surface area contributed by atoms with Gasteiger partial charge in [0.25, 0.3) is 0 Å². The third-order valence-electron chi connectivity index (χ3n) is 4.00. The molecule has 1 heterocycles. The van der Waals surface area contributed by atoms with Gasteiger partial charge in [0.2, 0.25) is 0 Å². The molecule has 1 fully saturated rings. The van der Waals surface area contributed by atoms with Crippen molar-refractivity contribution in [2.75, 3.05) is 20.1 Å². The van der Waals surface area contributed by atoms with E-state index in [4.69, 9.17) is 5.73 Å². The summed E-state index contributed by atoms with van der Waals surface area (Å²) < 4.78 is 12.8. The van der Waals surface area contributed by atoms with Crippen molar-refractivity contribution in [1.82, 2.24) is 9.88 Å². The molecular formula is C15H24FN3. The summed E-state index contributed by atoms with van der Waals surface area (Å²) in [6.45, 7) is 2.14. The van der Waals surface area contributed by atoms with E-state index in [1.807, 2.05) is 0 Å². The second-order valence-electron chi connectivity index (χ2n) is 5.71. The van der Waals surface area contributed by atoms with Crippen molar-refractivity contribution in [1.29, 1.82) is 0 Å². The van der Waals surface area contributed by atoms with E-state index < -0.39 is 0 Å². The predicted molar refractivity (Wildman–Crippen MR) is 75.2 cm³/mol. The summed E-state index contributed by atoms with van der Waals surface area (Å²) in [7, 11) is 2.16. The van der Waals surface area contributed by atoms with Gasteiger partial charge >= 0.3 is 0 Å². The Hall–Kier alpha value is -1.00. The van der Waals surface area contributed by atoms with E-state index in [0.717, 1.165) is 24.6 Å². The van der Waals surface area contributed by atoms with Crippen molar-refractivity contribution in [3.63, 3.8) is 0 Å². The van der Waals surface area contributed by atoms with Crippen LogP contribution >= 0.6 is 0 Å². The fraction of sp³-hybridized carbons (Fsp3) is 0.667. The molecular weight excluding hydrogens is 241 g/mol. The molecule has 2 N–H and O–H groups in total. The third-order valence-corrected chi connectivity index (χ3v) is 4.00. The highest BCUT2D eigenvalue weighted by Crippen LogP contribution is 2.25. The Bertz CT molecular complexity index is 373. The molecule has 1 saturated carbocycles. The maximum atomic E-state index is 12.8. The van der Waals surface area contributed by atoms with Crippen LogP contribution in [-0.2, 0) is 0 Å². The van der Waals surface area contributed by atoms with Crippen LogP contribution < -0.4 is 5.73 Å². The number of aromatic nitrogens is 1. The summed E-state index contributed by atoms with van der Waals surface area (Å²) >= 11 is 0. The molecule has 1 aromatic heterocycles. The quantitative estimate of drug-likeness (QED) is 0.860. The topological polar surface area (TPSA) is 42.1 Å². The van der Waals surface area contributed by atoms with Crippen molar-refractivity contribution in [2.45, 2.75) is 38.1 Å². The Morgan fingerprint density at radius 2 is 2.16 bits per heavy atom. The molecule has 1 atom stereocenters. The van der Waals surface area contributed by atoms with Gasteiger partial charge in [0.05, 0.1) is 11.9 Å². The molecule has 1 aromatic rings. The zero-order chi connectivity index (χ0) is 13.7. The van der Waals surface area contributed by atoms with E-state index >= 15 is 0 Å². The van der Waals surface area contributed by atoms with Crippen molar-refractivity contribution >= 4 is 0 Å². The molecule has 0 saturated heterocycles. The largest absolute Gasteiger partial charge is 0.323 e. The molecule has 0 amide bonds. The smallest absolute Gasteiger partial charge is 0.141 e. The van der Waals surface area contributed by atoms with E-state index in [-0.39, 0.29) is 11.9 Å². The molecule has 1 unspecified atom stereocenters. The van der Waals surface area contributed by atoms with Gasteiger partial charge in [-0.1, -0.05) is 12.8 Å². The molecule has 0 aromatic carbocycles. The Labute approximate surface area is 115 Å². The zero-order valence-corrected chi connectivity index (χ0v) is 11.7. The monoisotopic (exact) mass is 265 g/mol. The number of hydrogen-bond acceptors (Lipinski definition) is 3. The van der Waals surface area contributed by atoms with Crippen LogP contribution in [0, 0.1) is 11.7 Å². The first-order chi connectivity index (χ1) is 9.15. The minimum atomic E-state index is -0.311. The van der Waals surface area contributed by atoms with Gasteiger partial charge in [-0.25, -0.2) is 4.39 Å². The van der Waals surface area contributed by atoms with Crippen LogP contribution in [0.15, 0.2) is 18.3 Å². The number of hydrogen-bond donors (Lipinski definition) is 1. The molecule has 3 nitrogen and oxygen atoms in total. The van der Waals surface area contributed by atoms with E-state index in [0.29, 0.717) is 0 Å². The standard InChI is InChI=1S/C15H24FN3/c1-19(11-12-4-2-3-5-12)9-8-14(17)15-7-6-13(16)10-18-15/h6-7,10,12,14H,2-5,8-9,11,17H2,1H3. The first-order valence-electron chi connectivity index (χ1n) is 7.20. The Kier molecular flexibility index (Phi) is 5.28. The molecule has 0 spiro atoms. The fourth-order valence-corrected chi connectivity index (χ4v) is 2.84. The minimum absolute atomic E-state index is 0.105. The van der Waals surface area contributed by atoms with E-state index in [2.05, 4.69) is 16.9 Å². The lowest BCUT2D eigenvalue weighted by Crippen LogP contribution is -2.28. The molecule has 106 valence electrons. The highest BCUT2D eigenvalue weighted by Gasteiger charge is 2.17. The van der Waals surface area contributed by atoms with Crippen LogP contribution in [0.25, 0.3) is 0 Å². The van der Waals surface area contributed by atoms with Gasteiger partial charge in [-0.15, -0.1) is 0 Å². The summed E-state index contributed by atoms with van der Waals surface area (Å²) in [5.41, 5.74) is 6.86. The highest BCUT2D eigenvalue weighted by molar-refractivity contribution is 5.09. The van der Waals surface area contributed by atoms with E-state index in [9.17, 15) is 4.39 Å². The van der Waals surface area contributed by atoms with Crippen molar-refractivity contribution in [3.8, 4) is 0 Å². The van der Waals surface area contributed by atoms with Gasteiger partial charge in [-0.2, -0.15) is 0 Å². The lowest BCUT2D eigenvalue weighted by atomic mass is 10.1. The second kappa shape index (κ2) is 6.96. The van der Waals surface area contributed by atoms with E-state index in [1.54, 1.807) is 6.07 Å². The van der Waals surface area contributed by atoms with Crippen molar-refractivity contribution in [2.24, 2.45) is 11.7 Å². The number of nitrogens with two attached hydrogens (primary N) is 1. The number of rotatable bonds is 6. The molecule has 2 rings (SSSR count). The lowest BCUT2D eigenvalue weighted by molar-refractivity contribution is 0.268. The SMILES string of the molecule is CN(CCC(N)c1ccc(F)cn1)CC1CCCC1. The molecule has 1 aliphatic rings. The summed E-state index contributed by atoms with van der Waals surface area (Å²) in [4.78, 5) is 6.40. The third kappa shape index (κ3) is 4.55. The van der Waals surface area contributed by atoms with Crippen LogP contribution in [0.1, 0.15) is 43.8 Å². The zero-order valence-electron chi connectivity index (χ0n) is 11.7. The predicted octanol–water partition coefficient (Wildman–Crippen LogP) is 2.73. The van der Waals surface area contributed by atoms with Crippen molar-refractivity contribution in [3.05, 3.63) is 29.8 Å². The van der Waals surface area contributed by atoms with Crippen LogP contribution in [0.4, 0.5) is 4.39 Å². The molecule has 0 radical (unpaired) electrons. The van der Waals surface area contributed by atoms with Gasteiger partial charge in [-0.05, 0) is 50.9 Å². The molecule has 4 heteroatoms. The van der Waals surface area contributed by atoms with Gasteiger partial charge < -0.3 is 10.6 Å². The summed E-state index contributed by atoms with van der Waals surface area (Å²) in [5.74, 6) is 0.555. The Balaban J connectivity index is 1.73. The minimum Gasteiger partial charge on any atom is -0.323 e. The second-order valence-corrected chi connectivity index (χ2v) is 5.71. The lowest BCUT2D eigenvalue weighted by Gasteiger charge is -2.22. The normalized spacial score (nSPS) is 18.1. The van der Waals surface area contributed by atoms with Gasteiger partial charge in [0.15, 0.2) is 0 Å². The van der Waals surface area contributed by atoms with Crippen LogP contribution in [0.2, 0.25) is 0 Å². The van der Waals surface area contributed by atoms with Gasteiger partial charge in [-0.3, -0.25) is 4.98 Å². The maximum Gasteiger partial charge on any atom is 0.141 e. The first-order valence-corrected chi connectivity index (χ1v) is 7.20. The summed E-state index contributed by atoms with van der Waals surface area (Å²) in [6, 6.07) is 2.99. The van der Waals surface area contributed by atoms with Crippen LogP contribution in [0.5, 0.6) is 0 Å². The average molecular weight is 265 g/mol. The maximum absolute atomic E-state index is 12.8. The van der Waals surface area contributed by atoms with Gasteiger partial charge in [0, 0.05) is 12.6 Å². The fourth-order valence-electron chi connectivity index (χ4n) is 2.84. The van der Waals surface area contributed by atoms with Crippen LogP contribution in [0.3, 0.4) is 0 Å². The van der Waals surface area contributed by atoms with Crippen LogP contribution in [-0.4, -0.2) is 30.0 Å². The summed E-state index contributed by atoms with van der Waals surface area (Å²) in [5, 5.41) is 0. The highest BCUT2D eigenvalue weighted by atomic mass is 19.1. The molecule has 0 bridgehead atoms. The molecule has 0 aliphatic heterocycles. The number of halogens is 1. The first kappa shape index (κ1) is 14.4. The Morgan fingerprint density at radius 1 is 1.42 bits per heavy atom. The Morgan fingerprint density at radius 3 is 2.79 bits per heavy atom. The average Bonchev–Trinajstić information content (AvgIpc) is 2.89. The number of nitrogens with zero attached hydrogens (tertiary/aromatic N) is 2. The van der Waals surface area contributed by atoms with Gasteiger partial charge in [0.1, 0.15) is 5.82 Å². The molecule has 19 heavy (non-hydrogen) atoms. The van der Waals surface area contributed by atoms with E-state index in [1.165, 1.54) is 44.5 Å². The van der Waals surface area contributed by atoms with Crippen molar-refractivity contribution < 1.29 is 4.39 Å². The number of pyridine rings is 1. The summed E-state index contributed by atoms with van der Waals surface area (Å²) in [6.07, 6.45) is 7.61. The molecule has 1 aliphatic carbocycles.